The Hall–Kier alpha value is -1.36. The highest BCUT2D eigenvalue weighted by Gasteiger charge is 2.33. The van der Waals surface area contributed by atoms with Gasteiger partial charge in [-0.25, -0.2) is 8.42 Å². The van der Waals surface area contributed by atoms with E-state index in [2.05, 4.69) is 11.4 Å². The van der Waals surface area contributed by atoms with Gasteiger partial charge in [-0.1, -0.05) is 23.8 Å². The lowest BCUT2D eigenvalue weighted by molar-refractivity contribution is -0.124. The molecule has 1 aromatic rings. The third kappa shape index (κ3) is 3.39. The molecule has 1 N–H and O–H groups in total. The Balaban J connectivity index is 2.06. The molecule has 1 aliphatic heterocycles. The lowest BCUT2D eigenvalue weighted by Gasteiger charge is -2.19. The molecule has 1 fully saturated rings. The van der Waals surface area contributed by atoms with Gasteiger partial charge in [-0.3, -0.25) is 4.79 Å². The van der Waals surface area contributed by atoms with Crippen LogP contribution in [0.3, 0.4) is 0 Å². The molecular formula is C15H21NO3S. The molecule has 20 heavy (non-hydrogen) atoms. The Kier molecular flexibility index (Phi) is 4.18. The molecule has 1 amide bonds. The summed E-state index contributed by atoms with van der Waals surface area (Å²) in [6.45, 7) is 5.96. The zero-order valence-electron chi connectivity index (χ0n) is 12.1. The zero-order valence-corrected chi connectivity index (χ0v) is 13.0. The zero-order chi connectivity index (χ0) is 14.9. The normalized spacial score (nSPS) is 22.4. The lowest BCUT2D eigenvalue weighted by atomic mass is 9.99. The second kappa shape index (κ2) is 5.56. The van der Waals surface area contributed by atoms with Crippen LogP contribution in [0.1, 0.15) is 36.1 Å². The van der Waals surface area contributed by atoms with Crippen LogP contribution < -0.4 is 5.32 Å². The van der Waals surface area contributed by atoms with Crippen molar-refractivity contribution in [2.75, 3.05) is 11.5 Å². The third-order valence-corrected chi connectivity index (χ3v) is 5.63. The maximum Gasteiger partial charge on any atom is 0.224 e. The molecule has 0 saturated carbocycles. The van der Waals surface area contributed by atoms with Crippen LogP contribution in [0.4, 0.5) is 0 Å². The van der Waals surface area contributed by atoms with E-state index >= 15 is 0 Å². The first-order valence-corrected chi connectivity index (χ1v) is 8.68. The van der Waals surface area contributed by atoms with E-state index in [9.17, 15) is 13.2 Å². The minimum Gasteiger partial charge on any atom is -0.349 e. The van der Waals surface area contributed by atoms with Gasteiger partial charge < -0.3 is 5.32 Å². The molecule has 0 aromatic heterocycles. The quantitative estimate of drug-likeness (QED) is 0.926. The van der Waals surface area contributed by atoms with E-state index in [4.69, 9.17) is 0 Å². The van der Waals surface area contributed by atoms with Gasteiger partial charge in [-0.05, 0) is 38.3 Å². The number of sulfone groups is 1. The number of hydrogen-bond acceptors (Lipinski definition) is 3. The maximum absolute atomic E-state index is 12.1. The summed E-state index contributed by atoms with van der Waals surface area (Å²) in [6.07, 6.45) is 0.438. The molecule has 1 aliphatic rings. The molecule has 2 rings (SSSR count). The van der Waals surface area contributed by atoms with Crippen LogP contribution >= 0.6 is 0 Å². The summed E-state index contributed by atoms with van der Waals surface area (Å²) >= 11 is 0. The molecule has 0 spiro atoms. The third-order valence-electron chi connectivity index (χ3n) is 3.86. The second-order valence-corrected chi connectivity index (χ2v) is 7.92. The largest absolute Gasteiger partial charge is 0.349 e. The predicted molar refractivity (Wildman–Crippen MR) is 79.2 cm³/mol. The van der Waals surface area contributed by atoms with Crippen molar-refractivity contribution in [3.63, 3.8) is 0 Å². The van der Waals surface area contributed by atoms with Crippen molar-refractivity contribution in [2.45, 2.75) is 33.2 Å². The topological polar surface area (TPSA) is 63.2 Å². The van der Waals surface area contributed by atoms with Crippen molar-refractivity contribution in [1.82, 2.24) is 5.32 Å². The summed E-state index contributed by atoms with van der Waals surface area (Å²) in [7, 11) is -3.02. The molecule has 110 valence electrons. The van der Waals surface area contributed by atoms with Gasteiger partial charge in [-0.15, -0.1) is 0 Å². The Morgan fingerprint density at radius 1 is 1.35 bits per heavy atom. The number of benzene rings is 1. The summed E-state index contributed by atoms with van der Waals surface area (Å²) in [6, 6.07) is 6.03. The number of amides is 1. The molecule has 0 bridgehead atoms. The Bertz CT molecular complexity index is 622. The first-order valence-electron chi connectivity index (χ1n) is 6.86. The van der Waals surface area contributed by atoms with Gasteiger partial charge in [0.05, 0.1) is 23.5 Å². The Morgan fingerprint density at radius 2 is 2.05 bits per heavy atom. The van der Waals surface area contributed by atoms with Gasteiger partial charge in [0.2, 0.25) is 5.91 Å². The minimum atomic E-state index is -3.02. The fraction of sp³-hybridized carbons (Fsp3) is 0.533. The molecule has 1 saturated heterocycles. The number of aryl methyl sites for hydroxylation is 2. The van der Waals surface area contributed by atoms with Crippen molar-refractivity contribution >= 4 is 15.7 Å². The first-order chi connectivity index (χ1) is 9.28. The summed E-state index contributed by atoms with van der Waals surface area (Å²) < 4.78 is 22.8. The number of rotatable bonds is 3. The Morgan fingerprint density at radius 3 is 2.65 bits per heavy atom. The average Bonchev–Trinajstić information content (AvgIpc) is 2.72. The smallest absolute Gasteiger partial charge is 0.224 e. The van der Waals surface area contributed by atoms with E-state index in [0.29, 0.717) is 6.42 Å². The van der Waals surface area contributed by atoms with Gasteiger partial charge in [-0.2, -0.15) is 0 Å². The SMILES string of the molecule is Cc1ccc(C)c([C@@H](C)NC(=O)[C@@H]2CCS(=O)(=O)C2)c1. The van der Waals surface area contributed by atoms with Crippen molar-refractivity contribution in [3.05, 3.63) is 34.9 Å². The molecule has 4 nitrogen and oxygen atoms in total. The molecule has 0 aliphatic carbocycles. The van der Waals surface area contributed by atoms with Crippen LogP contribution in [0.2, 0.25) is 0 Å². The van der Waals surface area contributed by atoms with Gasteiger partial charge in [0.25, 0.3) is 0 Å². The van der Waals surface area contributed by atoms with E-state index in [1.54, 1.807) is 0 Å². The van der Waals surface area contributed by atoms with E-state index in [1.807, 2.05) is 32.9 Å². The van der Waals surface area contributed by atoms with Crippen LogP contribution in [0.25, 0.3) is 0 Å². The highest BCUT2D eigenvalue weighted by atomic mass is 32.2. The summed E-state index contributed by atoms with van der Waals surface area (Å²) in [5, 5.41) is 2.94. The number of hydrogen-bond donors (Lipinski definition) is 1. The fourth-order valence-electron chi connectivity index (χ4n) is 2.64. The molecular weight excluding hydrogens is 274 g/mol. The standard InChI is InChI=1S/C15H21NO3S/c1-10-4-5-11(2)14(8-10)12(3)16-15(17)13-6-7-20(18,19)9-13/h4-5,8,12-13H,6-7,9H2,1-3H3,(H,16,17)/t12-,13-/m1/s1. The van der Waals surface area contributed by atoms with Gasteiger partial charge in [0, 0.05) is 0 Å². The van der Waals surface area contributed by atoms with Crippen molar-refractivity contribution in [3.8, 4) is 0 Å². The van der Waals surface area contributed by atoms with Crippen LogP contribution in [0.15, 0.2) is 18.2 Å². The molecule has 2 atom stereocenters. The highest BCUT2D eigenvalue weighted by Crippen LogP contribution is 2.22. The van der Waals surface area contributed by atoms with Crippen LogP contribution in [-0.2, 0) is 14.6 Å². The number of nitrogens with one attached hydrogen (secondary N) is 1. The molecule has 0 radical (unpaired) electrons. The van der Waals surface area contributed by atoms with Crippen LogP contribution in [0, 0.1) is 19.8 Å². The van der Waals surface area contributed by atoms with E-state index < -0.39 is 15.8 Å². The van der Waals surface area contributed by atoms with Crippen molar-refractivity contribution in [1.29, 1.82) is 0 Å². The summed E-state index contributed by atoms with van der Waals surface area (Å²) in [5.74, 6) is -0.437. The van der Waals surface area contributed by atoms with E-state index in [1.165, 1.54) is 0 Å². The van der Waals surface area contributed by atoms with Gasteiger partial charge in [0.1, 0.15) is 0 Å². The predicted octanol–water partition coefficient (Wildman–Crippen LogP) is 1.92. The van der Waals surface area contributed by atoms with Crippen LogP contribution in [-0.4, -0.2) is 25.8 Å². The number of carbonyl (C=O) groups is 1. The maximum atomic E-state index is 12.1. The lowest BCUT2D eigenvalue weighted by Crippen LogP contribution is -2.33. The van der Waals surface area contributed by atoms with Crippen molar-refractivity contribution < 1.29 is 13.2 Å². The summed E-state index contributed by atoms with van der Waals surface area (Å²) in [5.41, 5.74) is 3.36. The van der Waals surface area contributed by atoms with Crippen molar-refractivity contribution in [2.24, 2.45) is 5.92 Å². The molecule has 1 heterocycles. The molecule has 0 unspecified atom stereocenters. The number of carbonyl (C=O) groups excluding carboxylic acids is 1. The first kappa shape index (κ1) is 15.0. The van der Waals surface area contributed by atoms with E-state index in [-0.39, 0.29) is 23.5 Å². The van der Waals surface area contributed by atoms with Gasteiger partial charge >= 0.3 is 0 Å². The summed E-state index contributed by atoms with van der Waals surface area (Å²) in [4.78, 5) is 12.1. The molecule has 5 heteroatoms. The monoisotopic (exact) mass is 295 g/mol. The van der Waals surface area contributed by atoms with E-state index in [0.717, 1.165) is 16.7 Å². The molecule has 1 aromatic carbocycles. The Labute approximate surface area is 120 Å². The fourth-order valence-corrected chi connectivity index (χ4v) is 4.38. The second-order valence-electron chi connectivity index (χ2n) is 5.69. The average molecular weight is 295 g/mol. The van der Waals surface area contributed by atoms with Gasteiger partial charge in [0.15, 0.2) is 9.84 Å². The van der Waals surface area contributed by atoms with Crippen LogP contribution in [0.5, 0.6) is 0 Å². The highest BCUT2D eigenvalue weighted by molar-refractivity contribution is 7.91. The minimum absolute atomic E-state index is 0.0155.